The van der Waals surface area contributed by atoms with Gasteiger partial charge in [0.05, 0.1) is 11.3 Å². The molecule has 0 atom stereocenters. The number of nitrogens with zero attached hydrogens (tertiary/aromatic N) is 1. The highest BCUT2D eigenvalue weighted by Crippen LogP contribution is 2.25. The lowest BCUT2D eigenvalue weighted by Crippen LogP contribution is -2.22. The second kappa shape index (κ2) is 4.55. The van der Waals surface area contributed by atoms with Gasteiger partial charge < -0.3 is 9.73 Å². The van der Waals surface area contributed by atoms with Crippen LogP contribution < -0.4 is 10.6 Å². The molecule has 1 amide bonds. The molecule has 0 unspecified atom stereocenters. The molecule has 3 rings (SSSR count). The Balaban J connectivity index is 1.76. The van der Waals surface area contributed by atoms with E-state index in [0.29, 0.717) is 10.7 Å². The van der Waals surface area contributed by atoms with Crippen molar-refractivity contribution < 1.29 is 9.21 Å². The van der Waals surface area contributed by atoms with Crippen LogP contribution in [0.1, 0.15) is 26.7 Å². The minimum atomic E-state index is -0.175. The van der Waals surface area contributed by atoms with E-state index in [0.717, 1.165) is 31.0 Å². The fourth-order valence-corrected chi connectivity index (χ4v) is 2.88. The average molecular weight is 263 g/mol. The molecule has 0 bridgehead atoms. The zero-order valence-electron chi connectivity index (χ0n) is 9.95. The van der Waals surface area contributed by atoms with Crippen LogP contribution in [-0.2, 0) is 13.0 Å². The third-order valence-electron chi connectivity index (χ3n) is 2.82. The molecule has 1 aliphatic rings. The molecule has 3 heterocycles. The Hall–Kier alpha value is -1.66. The fourth-order valence-electron chi connectivity index (χ4n) is 1.91. The van der Waals surface area contributed by atoms with Crippen LogP contribution in [0.15, 0.2) is 16.7 Å². The number of furan rings is 1. The molecule has 1 aliphatic heterocycles. The first-order valence-corrected chi connectivity index (χ1v) is 6.60. The Labute approximate surface area is 108 Å². The highest BCUT2D eigenvalue weighted by molar-refractivity contribution is 7.15. The molecule has 2 N–H and O–H groups in total. The molecule has 5 nitrogen and oxygen atoms in total. The maximum Gasteiger partial charge on any atom is 0.260 e. The lowest BCUT2D eigenvalue weighted by molar-refractivity contribution is 0.102. The predicted molar refractivity (Wildman–Crippen MR) is 68.9 cm³/mol. The van der Waals surface area contributed by atoms with E-state index >= 15 is 0 Å². The summed E-state index contributed by atoms with van der Waals surface area (Å²) in [6, 6.07) is 1.71. The molecule has 6 heteroatoms. The highest BCUT2D eigenvalue weighted by Gasteiger charge is 2.17. The number of nitrogens with one attached hydrogen (secondary N) is 2. The molecule has 0 saturated heterocycles. The lowest BCUT2D eigenvalue weighted by atomic mass is 10.2. The number of rotatable bonds is 2. The van der Waals surface area contributed by atoms with Crippen LogP contribution in [0.3, 0.4) is 0 Å². The fraction of sp³-hybridized carbons (Fsp3) is 0.333. The number of amides is 1. The second-order valence-corrected chi connectivity index (χ2v) is 5.30. The number of carbonyl (C=O) groups excluding carboxylic acids is 1. The van der Waals surface area contributed by atoms with Crippen molar-refractivity contribution >= 4 is 22.4 Å². The van der Waals surface area contributed by atoms with Gasteiger partial charge in [-0.15, -0.1) is 11.3 Å². The van der Waals surface area contributed by atoms with E-state index < -0.39 is 0 Å². The summed E-state index contributed by atoms with van der Waals surface area (Å²) in [5, 5.41) is 6.75. The van der Waals surface area contributed by atoms with Crippen molar-refractivity contribution in [3.8, 4) is 0 Å². The molecule has 0 aromatic carbocycles. The monoisotopic (exact) mass is 263 g/mol. The topological polar surface area (TPSA) is 67.2 Å². The van der Waals surface area contributed by atoms with Gasteiger partial charge >= 0.3 is 0 Å². The van der Waals surface area contributed by atoms with Crippen LogP contribution in [0, 0.1) is 6.92 Å². The Morgan fingerprint density at radius 3 is 3.22 bits per heavy atom. The molecule has 0 fully saturated rings. The Morgan fingerprint density at radius 1 is 1.61 bits per heavy atom. The second-order valence-electron chi connectivity index (χ2n) is 4.22. The SMILES string of the molecule is Cc1cc(C(=O)Nc2nc3c(s2)CNCC3)co1. The summed E-state index contributed by atoms with van der Waals surface area (Å²) < 4.78 is 5.12. The Bertz CT molecular complexity index is 564. The van der Waals surface area contributed by atoms with Gasteiger partial charge in [0.15, 0.2) is 5.13 Å². The van der Waals surface area contributed by atoms with Gasteiger partial charge in [0.1, 0.15) is 12.0 Å². The van der Waals surface area contributed by atoms with Gasteiger partial charge in [-0.3, -0.25) is 10.1 Å². The summed E-state index contributed by atoms with van der Waals surface area (Å²) in [6.07, 6.45) is 2.38. The molecule has 0 spiro atoms. The smallest absolute Gasteiger partial charge is 0.260 e. The van der Waals surface area contributed by atoms with Crippen molar-refractivity contribution in [1.29, 1.82) is 0 Å². The number of aromatic nitrogens is 1. The van der Waals surface area contributed by atoms with Crippen LogP contribution in [0.5, 0.6) is 0 Å². The zero-order valence-corrected chi connectivity index (χ0v) is 10.8. The van der Waals surface area contributed by atoms with Crippen LogP contribution in [0.2, 0.25) is 0 Å². The summed E-state index contributed by atoms with van der Waals surface area (Å²) in [6.45, 7) is 3.60. The molecule has 94 valence electrons. The maximum absolute atomic E-state index is 11.9. The first-order chi connectivity index (χ1) is 8.72. The number of thiazole rings is 1. The summed E-state index contributed by atoms with van der Waals surface area (Å²) in [5.74, 6) is 0.550. The number of aryl methyl sites for hydroxylation is 1. The Morgan fingerprint density at radius 2 is 2.50 bits per heavy atom. The summed E-state index contributed by atoms with van der Waals surface area (Å²) in [5.41, 5.74) is 1.62. The maximum atomic E-state index is 11.9. The summed E-state index contributed by atoms with van der Waals surface area (Å²) in [7, 11) is 0. The molecule has 2 aromatic heterocycles. The largest absolute Gasteiger partial charge is 0.469 e. The van der Waals surface area contributed by atoms with Gasteiger partial charge in [0, 0.05) is 24.4 Å². The van der Waals surface area contributed by atoms with Crippen molar-refractivity contribution in [1.82, 2.24) is 10.3 Å². The van der Waals surface area contributed by atoms with Crippen molar-refractivity contribution in [3.63, 3.8) is 0 Å². The van der Waals surface area contributed by atoms with E-state index in [1.165, 1.54) is 22.5 Å². The van der Waals surface area contributed by atoms with E-state index in [4.69, 9.17) is 4.42 Å². The van der Waals surface area contributed by atoms with E-state index in [9.17, 15) is 4.79 Å². The predicted octanol–water partition coefficient (Wildman–Crippen LogP) is 1.94. The highest BCUT2D eigenvalue weighted by atomic mass is 32.1. The molecule has 0 radical (unpaired) electrons. The number of carbonyl (C=O) groups is 1. The van der Waals surface area contributed by atoms with E-state index in [-0.39, 0.29) is 5.91 Å². The van der Waals surface area contributed by atoms with E-state index in [1.807, 2.05) is 6.92 Å². The van der Waals surface area contributed by atoms with Gasteiger partial charge in [-0.25, -0.2) is 4.98 Å². The average Bonchev–Trinajstić information content (AvgIpc) is 2.94. The normalized spacial score (nSPS) is 14.3. The van der Waals surface area contributed by atoms with Crippen molar-refractivity contribution in [2.75, 3.05) is 11.9 Å². The number of fused-ring (bicyclic) bond motifs is 1. The molecule has 2 aromatic rings. The molecular weight excluding hydrogens is 250 g/mol. The van der Waals surface area contributed by atoms with Crippen LogP contribution in [0.4, 0.5) is 5.13 Å². The number of hydrogen-bond donors (Lipinski definition) is 2. The van der Waals surface area contributed by atoms with Gasteiger partial charge in [0.25, 0.3) is 5.91 Å². The quantitative estimate of drug-likeness (QED) is 0.869. The molecule has 0 aliphatic carbocycles. The van der Waals surface area contributed by atoms with Crippen LogP contribution >= 0.6 is 11.3 Å². The third-order valence-corrected chi connectivity index (χ3v) is 3.83. The van der Waals surface area contributed by atoms with Gasteiger partial charge in [-0.05, 0) is 13.0 Å². The van der Waals surface area contributed by atoms with Crippen molar-refractivity contribution in [2.24, 2.45) is 0 Å². The van der Waals surface area contributed by atoms with E-state index in [2.05, 4.69) is 15.6 Å². The number of anilines is 1. The third kappa shape index (κ3) is 2.16. The van der Waals surface area contributed by atoms with Gasteiger partial charge in [0.2, 0.25) is 0 Å². The van der Waals surface area contributed by atoms with Crippen molar-refractivity contribution in [2.45, 2.75) is 19.9 Å². The first kappa shape index (κ1) is 11.4. The van der Waals surface area contributed by atoms with Crippen LogP contribution in [0.25, 0.3) is 0 Å². The van der Waals surface area contributed by atoms with Gasteiger partial charge in [-0.2, -0.15) is 0 Å². The number of hydrogen-bond acceptors (Lipinski definition) is 5. The minimum absolute atomic E-state index is 0.175. The van der Waals surface area contributed by atoms with Gasteiger partial charge in [-0.1, -0.05) is 0 Å². The lowest BCUT2D eigenvalue weighted by Gasteiger charge is -2.09. The first-order valence-electron chi connectivity index (χ1n) is 5.78. The van der Waals surface area contributed by atoms with E-state index in [1.54, 1.807) is 6.07 Å². The van der Waals surface area contributed by atoms with Crippen LogP contribution in [-0.4, -0.2) is 17.4 Å². The molecule has 18 heavy (non-hydrogen) atoms. The zero-order chi connectivity index (χ0) is 12.5. The summed E-state index contributed by atoms with van der Waals surface area (Å²) >= 11 is 1.53. The minimum Gasteiger partial charge on any atom is -0.469 e. The molecular formula is C12H13N3O2S. The molecule has 0 saturated carbocycles. The van der Waals surface area contributed by atoms with Crippen molar-refractivity contribution in [3.05, 3.63) is 34.2 Å². The standard InChI is InChI=1S/C12H13N3O2S/c1-7-4-8(6-17-7)11(16)15-12-14-9-2-3-13-5-10(9)18-12/h4,6,13H,2-3,5H2,1H3,(H,14,15,16). The Kier molecular flexibility index (Phi) is 2.89. The summed E-state index contributed by atoms with van der Waals surface area (Å²) in [4.78, 5) is 17.6.